The van der Waals surface area contributed by atoms with Gasteiger partial charge in [-0.1, -0.05) is 41.6 Å². The second kappa shape index (κ2) is 9.18. The number of nitro benzene ring substituents is 1. The average Bonchev–Trinajstić information content (AvgIpc) is 3.10. The molecule has 0 atom stereocenters. The molecule has 2 N–H and O–H groups in total. The molecule has 2 aromatic carbocycles. The first-order valence-electron chi connectivity index (χ1n) is 8.78. The SMILES string of the molecule is Cc1cccc(-c2nnc(SCC(=O)NNC(=O)c3cccc([N+](=O)[O-])c3)n2C)c1. The van der Waals surface area contributed by atoms with Crippen molar-refractivity contribution in [2.75, 3.05) is 5.75 Å². The molecular weight excluding hydrogens is 408 g/mol. The third kappa shape index (κ3) is 5.00. The highest BCUT2D eigenvalue weighted by molar-refractivity contribution is 7.99. The molecule has 154 valence electrons. The van der Waals surface area contributed by atoms with Crippen LogP contribution in [0.5, 0.6) is 0 Å². The van der Waals surface area contributed by atoms with Crippen molar-refractivity contribution in [1.29, 1.82) is 0 Å². The summed E-state index contributed by atoms with van der Waals surface area (Å²) in [4.78, 5) is 34.3. The maximum absolute atomic E-state index is 12.1. The van der Waals surface area contributed by atoms with E-state index in [-0.39, 0.29) is 17.0 Å². The standard InChI is InChI=1S/C19H18N6O4S/c1-12-5-3-6-13(9-12)17-21-23-19(24(17)2)30-11-16(26)20-22-18(27)14-7-4-8-15(10-14)25(28)29/h3-10H,11H2,1-2H3,(H,20,26)(H,22,27). The number of carbonyl (C=O) groups excluding carboxylic acids is 2. The van der Waals surface area contributed by atoms with Crippen molar-refractivity contribution in [2.45, 2.75) is 12.1 Å². The van der Waals surface area contributed by atoms with Crippen LogP contribution >= 0.6 is 11.8 Å². The summed E-state index contributed by atoms with van der Waals surface area (Å²) in [5.41, 5.74) is 6.39. The van der Waals surface area contributed by atoms with Gasteiger partial charge in [-0.05, 0) is 19.1 Å². The van der Waals surface area contributed by atoms with Crippen molar-refractivity contribution >= 4 is 29.3 Å². The van der Waals surface area contributed by atoms with Gasteiger partial charge in [0, 0.05) is 30.3 Å². The van der Waals surface area contributed by atoms with Gasteiger partial charge in [-0.3, -0.25) is 30.6 Å². The van der Waals surface area contributed by atoms with E-state index in [0.29, 0.717) is 11.0 Å². The summed E-state index contributed by atoms with van der Waals surface area (Å²) < 4.78 is 1.79. The minimum absolute atomic E-state index is 0.00495. The van der Waals surface area contributed by atoms with Crippen LogP contribution in [0.1, 0.15) is 15.9 Å². The summed E-state index contributed by atoms with van der Waals surface area (Å²) in [6.07, 6.45) is 0. The molecule has 0 spiro atoms. The number of non-ortho nitro benzene ring substituents is 1. The lowest BCUT2D eigenvalue weighted by molar-refractivity contribution is -0.384. The van der Waals surface area contributed by atoms with Crippen molar-refractivity contribution in [2.24, 2.45) is 7.05 Å². The molecule has 0 saturated heterocycles. The molecule has 1 heterocycles. The van der Waals surface area contributed by atoms with E-state index in [4.69, 9.17) is 0 Å². The van der Waals surface area contributed by atoms with Crippen molar-refractivity contribution < 1.29 is 14.5 Å². The van der Waals surface area contributed by atoms with Crippen LogP contribution in [0.15, 0.2) is 53.7 Å². The number of nitrogens with one attached hydrogen (secondary N) is 2. The molecule has 0 fully saturated rings. The molecule has 3 aromatic rings. The number of carbonyl (C=O) groups is 2. The first-order valence-corrected chi connectivity index (χ1v) is 9.76. The molecule has 0 aliphatic rings. The molecule has 0 unspecified atom stereocenters. The van der Waals surface area contributed by atoms with E-state index in [2.05, 4.69) is 21.0 Å². The first-order chi connectivity index (χ1) is 14.3. The number of aryl methyl sites for hydroxylation is 1. The number of rotatable bonds is 6. The molecule has 0 bridgehead atoms. The van der Waals surface area contributed by atoms with Crippen LogP contribution in [0.3, 0.4) is 0 Å². The Hall–Kier alpha value is -3.73. The number of hydrogen-bond donors (Lipinski definition) is 2. The first kappa shape index (κ1) is 21.0. The number of amides is 2. The van der Waals surface area contributed by atoms with Crippen LogP contribution < -0.4 is 10.9 Å². The minimum atomic E-state index is -0.655. The molecule has 0 saturated carbocycles. The molecule has 1 aromatic heterocycles. The predicted octanol–water partition coefficient (Wildman–Crippen LogP) is 2.25. The van der Waals surface area contributed by atoms with E-state index >= 15 is 0 Å². The second-order valence-corrected chi connectivity index (χ2v) is 7.28. The average molecular weight is 426 g/mol. The molecular formula is C19H18N6O4S. The smallest absolute Gasteiger partial charge is 0.270 e. The molecule has 0 radical (unpaired) electrons. The third-order valence-electron chi connectivity index (χ3n) is 4.08. The van der Waals surface area contributed by atoms with Gasteiger partial charge in [-0.2, -0.15) is 0 Å². The van der Waals surface area contributed by atoms with Crippen LogP contribution in [-0.2, 0) is 11.8 Å². The van der Waals surface area contributed by atoms with Crippen LogP contribution in [0.25, 0.3) is 11.4 Å². The summed E-state index contributed by atoms with van der Waals surface area (Å²) in [5, 5.41) is 19.6. The lowest BCUT2D eigenvalue weighted by Crippen LogP contribution is -2.42. The summed E-state index contributed by atoms with van der Waals surface area (Å²) >= 11 is 1.17. The van der Waals surface area contributed by atoms with Gasteiger partial charge < -0.3 is 4.57 Å². The van der Waals surface area contributed by atoms with Gasteiger partial charge in [-0.25, -0.2) is 0 Å². The topological polar surface area (TPSA) is 132 Å². The zero-order chi connectivity index (χ0) is 21.7. The quantitative estimate of drug-likeness (QED) is 0.351. The molecule has 3 rings (SSSR count). The zero-order valence-electron chi connectivity index (χ0n) is 16.2. The van der Waals surface area contributed by atoms with E-state index in [9.17, 15) is 19.7 Å². The number of thioether (sulfide) groups is 1. The number of benzene rings is 2. The highest BCUT2D eigenvalue weighted by Gasteiger charge is 2.15. The van der Waals surface area contributed by atoms with Crippen molar-refractivity contribution in [3.8, 4) is 11.4 Å². The Morgan fingerprint density at radius 2 is 1.90 bits per heavy atom. The molecule has 11 heteroatoms. The second-order valence-electron chi connectivity index (χ2n) is 6.33. The van der Waals surface area contributed by atoms with Crippen molar-refractivity contribution in [3.05, 3.63) is 69.8 Å². The Labute approximate surface area is 175 Å². The zero-order valence-corrected chi connectivity index (χ0v) is 17.0. The van der Waals surface area contributed by atoms with Crippen LogP contribution in [-0.4, -0.2) is 37.3 Å². The number of nitro groups is 1. The number of hydrazine groups is 1. The van der Waals surface area contributed by atoms with Gasteiger partial charge in [-0.15, -0.1) is 10.2 Å². The lowest BCUT2D eigenvalue weighted by Gasteiger charge is -2.07. The summed E-state index contributed by atoms with van der Waals surface area (Å²) in [5.74, 6) is -0.438. The fourth-order valence-electron chi connectivity index (χ4n) is 2.60. The van der Waals surface area contributed by atoms with E-state index < -0.39 is 16.7 Å². The summed E-state index contributed by atoms with van der Waals surface area (Å²) in [7, 11) is 1.81. The van der Waals surface area contributed by atoms with Crippen LogP contribution in [0.2, 0.25) is 0 Å². The Bertz CT molecular complexity index is 1110. The van der Waals surface area contributed by atoms with Gasteiger partial charge in [0.1, 0.15) is 0 Å². The molecule has 30 heavy (non-hydrogen) atoms. The molecule has 10 nitrogen and oxygen atoms in total. The Kier molecular flexibility index (Phi) is 6.42. The minimum Gasteiger partial charge on any atom is -0.305 e. The van der Waals surface area contributed by atoms with Gasteiger partial charge in [0.05, 0.1) is 10.7 Å². The number of aromatic nitrogens is 3. The Balaban J connectivity index is 1.55. The third-order valence-corrected chi connectivity index (χ3v) is 5.10. The van der Waals surface area contributed by atoms with E-state index in [0.717, 1.165) is 17.2 Å². The lowest BCUT2D eigenvalue weighted by atomic mass is 10.1. The van der Waals surface area contributed by atoms with Crippen molar-refractivity contribution in [1.82, 2.24) is 25.6 Å². The maximum atomic E-state index is 12.1. The summed E-state index contributed by atoms with van der Waals surface area (Å²) in [6.45, 7) is 1.99. The Morgan fingerprint density at radius 1 is 1.13 bits per heavy atom. The Morgan fingerprint density at radius 3 is 2.63 bits per heavy atom. The number of nitrogens with zero attached hydrogens (tertiary/aromatic N) is 4. The van der Waals surface area contributed by atoms with Crippen LogP contribution in [0, 0.1) is 17.0 Å². The molecule has 0 aliphatic carbocycles. The van der Waals surface area contributed by atoms with Gasteiger partial charge in [0.15, 0.2) is 11.0 Å². The monoisotopic (exact) mass is 426 g/mol. The fourth-order valence-corrected chi connectivity index (χ4v) is 3.31. The highest BCUT2D eigenvalue weighted by atomic mass is 32.2. The molecule has 2 amide bonds. The predicted molar refractivity (Wildman–Crippen MR) is 111 cm³/mol. The maximum Gasteiger partial charge on any atom is 0.270 e. The summed E-state index contributed by atoms with van der Waals surface area (Å²) in [6, 6.07) is 13.1. The van der Waals surface area contributed by atoms with Crippen molar-refractivity contribution in [3.63, 3.8) is 0 Å². The molecule has 0 aliphatic heterocycles. The highest BCUT2D eigenvalue weighted by Crippen LogP contribution is 2.23. The largest absolute Gasteiger partial charge is 0.305 e. The van der Waals surface area contributed by atoms with E-state index in [1.54, 1.807) is 4.57 Å². The van der Waals surface area contributed by atoms with Gasteiger partial charge in [0.2, 0.25) is 5.91 Å². The van der Waals surface area contributed by atoms with Gasteiger partial charge in [0.25, 0.3) is 11.6 Å². The fraction of sp³-hybridized carbons (Fsp3) is 0.158. The number of hydrogen-bond acceptors (Lipinski definition) is 7. The van der Waals surface area contributed by atoms with Crippen LogP contribution in [0.4, 0.5) is 5.69 Å². The normalized spacial score (nSPS) is 10.5. The van der Waals surface area contributed by atoms with E-state index in [1.165, 1.54) is 30.0 Å². The van der Waals surface area contributed by atoms with Gasteiger partial charge >= 0.3 is 0 Å². The van der Waals surface area contributed by atoms with E-state index in [1.807, 2.05) is 38.2 Å².